The highest BCUT2D eigenvalue weighted by Crippen LogP contribution is 2.15. The van der Waals surface area contributed by atoms with Crippen molar-refractivity contribution in [1.29, 1.82) is 0 Å². The minimum Gasteiger partial charge on any atom is -0.327 e. The van der Waals surface area contributed by atoms with Gasteiger partial charge in [-0.05, 0) is 37.1 Å². The number of piperidine rings is 1. The number of rotatable bonds is 3. The quantitative estimate of drug-likeness (QED) is 0.918. The van der Waals surface area contributed by atoms with E-state index in [1.807, 2.05) is 12.1 Å². The highest BCUT2D eigenvalue weighted by molar-refractivity contribution is 7.90. The number of nitrogens with zero attached hydrogens (tertiary/aromatic N) is 1. The van der Waals surface area contributed by atoms with Crippen molar-refractivity contribution in [2.45, 2.75) is 30.3 Å². The van der Waals surface area contributed by atoms with E-state index in [9.17, 15) is 8.42 Å². The molecule has 6 heteroatoms. The van der Waals surface area contributed by atoms with Gasteiger partial charge in [0.1, 0.15) is 0 Å². The van der Waals surface area contributed by atoms with Crippen LogP contribution in [0.1, 0.15) is 18.4 Å². The summed E-state index contributed by atoms with van der Waals surface area (Å²) in [6.07, 6.45) is 3.47. The van der Waals surface area contributed by atoms with Gasteiger partial charge in [0.2, 0.25) is 0 Å². The van der Waals surface area contributed by atoms with E-state index < -0.39 is 9.84 Å². The standard InChI is InChI=1S/C13H20N2O2S.ClH/c1-18(16,17)13-6-4-11(5-7-13)9-15-8-2-3-12(14)10-15;/h4-7,12H,2-3,8-10,14H2,1H3;1H. The Labute approximate surface area is 121 Å². The molecule has 1 aliphatic rings. The second kappa shape index (κ2) is 6.70. The van der Waals surface area contributed by atoms with Crippen molar-refractivity contribution in [2.24, 2.45) is 5.73 Å². The normalized spacial score (nSPS) is 20.8. The van der Waals surface area contributed by atoms with Crippen molar-refractivity contribution in [3.63, 3.8) is 0 Å². The molecule has 0 aliphatic carbocycles. The first-order valence-electron chi connectivity index (χ1n) is 6.22. The van der Waals surface area contributed by atoms with E-state index in [-0.39, 0.29) is 18.4 Å². The SMILES string of the molecule is CS(=O)(=O)c1ccc(CN2CCCC(N)C2)cc1.Cl. The summed E-state index contributed by atoms with van der Waals surface area (Å²) < 4.78 is 22.7. The van der Waals surface area contributed by atoms with Crippen LogP contribution in [0.3, 0.4) is 0 Å². The molecule has 1 atom stereocenters. The summed E-state index contributed by atoms with van der Waals surface area (Å²) in [4.78, 5) is 2.70. The van der Waals surface area contributed by atoms with E-state index >= 15 is 0 Å². The van der Waals surface area contributed by atoms with Crippen molar-refractivity contribution >= 4 is 22.2 Å². The maximum Gasteiger partial charge on any atom is 0.175 e. The zero-order chi connectivity index (χ0) is 13.2. The third-order valence-corrected chi connectivity index (χ3v) is 4.43. The number of hydrogen-bond donors (Lipinski definition) is 1. The molecule has 2 rings (SSSR count). The van der Waals surface area contributed by atoms with Crippen LogP contribution in [0.15, 0.2) is 29.2 Å². The molecule has 1 aliphatic heterocycles. The third kappa shape index (κ3) is 4.76. The van der Waals surface area contributed by atoms with Gasteiger partial charge >= 0.3 is 0 Å². The smallest absolute Gasteiger partial charge is 0.175 e. The first kappa shape index (κ1) is 16.4. The number of likely N-dealkylation sites (tertiary alicyclic amines) is 1. The molecular formula is C13H21ClN2O2S. The Morgan fingerprint density at radius 1 is 1.32 bits per heavy atom. The number of hydrogen-bond acceptors (Lipinski definition) is 4. The summed E-state index contributed by atoms with van der Waals surface area (Å²) >= 11 is 0. The maximum absolute atomic E-state index is 11.4. The molecule has 1 unspecified atom stereocenters. The lowest BCUT2D eigenvalue weighted by Gasteiger charge is -2.30. The first-order chi connectivity index (χ1) is 8.45. The fourth-order valence-corrected chi connectivity index (χ4v) is 2.97. The number of halogens is 1. The molecule has 1 saturated heterocycles. The van der Waals surface area contributed by atoms with Gasteiger partial charge in [-0.1, -0.05) is 12.1 Å². The predicted molar refractivity (Wildman–Crippen MR) is 79.3 cm³/mol. The molecule has 19 heavy (non-hydrogen) atoms. The molecule has 0 radical (unpaired) electrons. The van der Waals surface area contributed by atoms with Crippen molar-refractivity contribution in [3.05, 3.63) is 29.8 Å². The van der Waals surface area contributed by atoms with Crippen molar-refractivity contribution in [1.82, 2.24) is 4.90 Å². The van der Waals surface area contributed by atoms with Crippen LogP contribution in [0.5, 0.6) is 0 Å². The Morgan fingerprint density at radius 3 is 2.47 bits per heavy atom. The van der Waals surface area contributed by atoms with Gasteiger partial charge in [0.25, 0.3) is 0 Å². The monoisotopic (exact) mass is 304 g/mol. The fourth-order valence-electron chi connectivity index (χ4n) is 2.34. The predicted octanol–water partition coefficient (Wildman–Crippen LogP) is 1.43. The topological polar surface area (TPSA) is 63.4 Å². The average Bonchev–Trinajstić information content (AvgIpc) is 2.28. The molecule has 0 amide bonds. The largest absolute Gasteiger partial charge is 0.327 e. The molecule has 2 N–H and O–H groups in total. The minimum atomic E-state index is -3.10. The lowest BCUT2D eigenvalue weighted by Crippen LogP contribution is -2.42. The second-order valence-corrected chi connectivity index (χ2v) is 7.07. The molecule has 1 aromatic carbocycles. The van der Waals surface area contributed by atoms with E-state index in [0.29, 0.717) is 4.90 Å². The Hall–Kier alpha value is -0.620. The highest BCUT2D eigenvalue weighted by atomic mass is 35.5. The van der Waals surface area contributed by atoms with Crippen molar-refractivity contribution in [3.8, 4) is 0 Å². The zero-order valence-electron chi connectivity index (χ0n) is 11.1. The average molecular weight is 305 g/mol. The van der Waals surface area contributed by atoms with Crippen LogP contribution in [-0.4, -0.2) is 38.7 Å². The summed E-state index contributed by atoms with van der Waals surface area (Å²) in [5.74, 6) is 0. The van der Waals surface area contributed by atoms with Gasteiger partial charge in [-0.25, -0.2) is 8.42 Å². The minimum absolute atomic E-state index is 0. The lowest BCUT2D eigenvalue weighted by molar-refractivity contribution is 0.201. The van der Waals surface area contributed by atoms with Gasteiger partial charge in [-0.2, -0.15) is 0 Å². The van der Waals surface area contributed by atoms with E-state index in [4.69, 9.17) is 5.73 Å². The van der Waals surface area contributed by atoms with Gasteiger partial charge in [0, 0.05) is 25.4 Å². The Balaban J connectivity index is 0.00000180. The molecular weight excluding hydrogens is 284 g/mol. The van der Waals surface area contributed by atoms with E-state index in [1.54, 1.807) is 12.1 Å². The first-order valence-corrected chi connectivity index (χ1v) is 8.11. The summed E-state index contributed by atoms with van der Waals surface area (Å²) in [6.45, 7) is 2.84. The molecule has 108 valence electrons. The molecule has 1 aromatic rings. The van der Waals surface area contributed by atoms with E-state index in [0.717, 1.165) is 38.0 Å². The molecule has 4 nitrogen and oxygen atoms in total. The number of sulfone groups is 1. The second-order valence-electron chi connectivity index (χ2n) is 5.05. The molecule has 1 heterocycles. The summed E-state index contributed by atoms with van der Waals surface area (Å²) in [5, 5.41) is 0. The Morgan fingerprint density at radius 2 is 1.95 bits per heavy atom. The number of nitrogens with two attached hydrogens (primary N) is 1. The van der Waals surface area contributed by atoms with Gasteiger partial charge < -0.3 is 5.73 Å². The molecule has 0 aromatic heterocycles. The number of benzene rings is 1. The maximum atomic E-state index is 11.4. The van der Waals surface area contributed by atoms with Crippen LogP contribution in [0.25, 0.3) is 0 Å². The molecule has 0 saturated carbocycles. The van der Waals surface area contributed by atoms with E-state index in [2.05, 4.69) is 4.90 Å². The van der Waals surface area contributed by atoms with Gasteiger partial charge in [-0.3, -0.25) is 4.90 Å². The lowest BCUT2D eigenvalue weighted by atomic mass is 10.1. The summed E-state index contributed by atoms with van der Waals surface area (Å²) in [7, 11) is -3.10. The van der Waals surface area contributed by atoms with Crippen molar-refractivity contribution in [2.75, 3.05) is 19.3 Å². The van der Waals surface area contributed by atoms with Crippen LogP contribution >= 0.6 is 12.4 Å². The molecule has 1 fully saturated rings. The third-order valence-electron chi connectivity index (χ3n) is 3.30. The van der Waals surface area contributed by atoms with Gasteiger partial charge in [0.15, 0.2) is 9.84 Å². The van der Waals surface area contributed by atoms with E-state index in [1.165, 1.54) is 6.26 Å². The Kier molecular flexibility index (Phi) is 5.80. The zero-order valence-corrected chi connectivity index (χ0v) is 12.7. The fraction of sp³-hybridized carbons (Fsp3) is 0.538. The van der Waals surface area contributed by atoms with Gasteiger partial charge in [-0.15, -0.1) is 12.4 Å². The molecule has 0 spiro atoms. The van der Waals surface area contributed by atoms with Gasteiger partial charge in [0.05, 0.1) is 4.90 Å². The summed E-state index contributed by atoms with van der Waals surface area (Å²) in [5.41, 5.74) is 7.07. The molecule has 0 bridgehead atoms. The van der Waals surface area contributed by atoms with Crippen LogP contribution < -0.4 is 5.73 Å². The van der Waals surface area contributed by atoms with Crippen LogP contribution in [0.2, 0.25) is 0 Å². The van der Waals surface area contributed by atoms with Crippen LogP contribution in [-0.2, 0) is 16.4 Å². The van der Waals surface area contributed by atoms with Crippen LogP contribution in [0.4, 0.5) is 0 Å². The van der Waals surface area contributed by atoms with Crippen LogP contribution in [0, 0.1) is 0 Å². The van der Waals surface area contributed by atoms with Crippen molar-refractivity contribution < 1.29 is 8.42 Å². The summed E-state index contributed by atoms with van der Waals surface area (Å²) in [6, 6.07) is 7.39. The Bertz CT molecular complexity index is 502. The highest BCUT2D eigenvalue weighted by Gasteiger charge is 2.16.